The topological polar surface area (TPSA) is 34.1 Å². The van der Waals surface area contributed by atoms with Crippen LogP contribution in [0, 0.1) is 7.14 Å². The van der Waals surface area contributed by atoms with Crippen molar-refractivity contribution in [3.63, 3.8) is 0 Å². The van der Waals surface area contributed by atoms with Crippen LogP contribution in [-0.2, 0) is 0 Å². The number of carbonyl (C=O) groups excluding carboxylic acids is 2. The maximum Gasteiger partial charge on any atom is 0.357 e. The molecule has 0 fully saturated rings. The van der Waals surface area contributed by atoms with E-state index in [2.05, 4.69) is 60.7 Å². The van der Waals surface area contributed by atoms with Crippen molar-refractivity contribution in [1.29, 1.82) is 0 Å². The highest BCUT2D eigenvalue weighted by atomic mass is 127. The van der Waals surface area contributed by atoms with Crippen LogP contribution in [0.1, 0.15) is 20.7 Å². The summed E-state index contributed by atoms with van der Waals surface area (Å²) in [6.07, 6.45) is 0. The Labute approximate surface area is 181 Å². The monoisotopic (exact) mass is 491 g/mol. The Bertz CT molecular complexity index is 944. The molecule has 0 amide bonds. The van der Waals surface area contributed by atoms with E-state index < -0.39 is 11.6 Å². The van der Waals surface area contributed by atoms with E-state index in [4.69, 9.17) is 0 Å². The average Bonchev–Trinajstić information content (AvgIpc) is 2.81. The molecule has 0 aliphatic heterocycles. The van der Waals surface area contributed by atoms with E-state index in [1.165, 1.54) is 7.14 Å². The molecule has 2 nitrogen and oxygen atoms in total. The lowest BCUT2D eigenvalue weighted by molar-refractivity contribution is -0.597. The van der Waals surface area contributed by atoms with Crippen molar-refractivity contribution in [2.75, 3.05) is 0 Å². The van der Waals surface area contributed by atoms with Crippen molar-refractivity contribution in [2.24, 2.45) is 0 Å². The molecule has 0 heterocycles. The third-order valence-corrected chi connectivity index (χ3v) is 6.65. The first-order valence-electron chi connectivity index (χ1n) is 9.18. The van der Waals surface area contributed by atoms with Crippen molar-refractivity contribution in [1.82, 2.24) is 0 Å². The Morgan fingerprint density at radius 1 is 0.414 bits per heavy atom. The zero-order valence-corrected chi connectivity index (χ0v) is 17.9. The van der Waals surface area contributed by atoms with Gasteiger partial charge in [0.15, 0.2) is 7.14 Å². The minimum Gasteiger partial charge on any atom is -0.285 e. The van der Waals surface area contributed by atoms with Gasteiger partial charge in [0.05, 0.1) is 0 Å². The largest absolute Gasteiger partial charge is 0.357 e. The molecule has 142 valence electrons. The van der Waals surface area contributed by atoms with Crippen LogP contribution >= 0.6 is 0 Å². The molecular weight excluding hydrogens is 471 g/mol. The lowest BCUT2D eigenvalue weighted by Gasteiger charge is -1.99. The molecule has 29 heavy (non-hydrogen) atoms. The normalized spacial score (nSPS) is 9.79. The number of halogens is 1. The number of carbonyl (C=O) groups is 2. The van der Waals surface area contributed by atoms with Crippen LogP contribution in [0.15, 0.2) is 121 Å². The van der Waals surface area contributed by atoms with Crippen molar-refractivity contribution in [2.45, 2.75) is 0 Å². The van der Waals surface area contributed by atoms with Gasteiger partial charge in [-0.3, -0.25) is 9.59 Å². The SMILES string of the molecule is O=C(C(=O)c1ccccc1)c1ccccc1.c1ccc([I+]c2ccccc2)cc1. The second kappa shape index (κ2) is 11.1. The Balaban J connectivity index is 0.000000169. The van der Waals surface area contributed by atoms with Gasteiger partial charge >= 0.3 is 21.2 Å². The Kier molecular flexibility index (Phi) is 7.90. The van der Waals surface area contributed by atoms with Gasteiger partial charge in [-0.25, -0.2) is 0 Å². The molecule has 0 bridgehead atoms. The van der Waals surface area contributed by atoms with Gasteiger partial charge in [0.25, 0.3) is 0 Å². The first-order chi connectivity index (χ1) is 14.2. The van der Waals surface area contributed by atoms with E-state index >= 15 is 0 Å². The van der Waals surface area contributed by atoms with E-state index in [1.807, 2.05) is 12.1 Å². The highest BCUT2D eigenvalue weighted by molar-refractivity contribution is 6.49. The molecule has 0 atom stereocenters. The van der Waals surface area contributed by atoms with Crippen molar-refractivity contribution >= 4 is 11.6 Å². The van der Waals surface area contributed by atoms with Gasteiger partial charge in [-0.05, 0) is 24.3 Å². The fourth-order valence-corrected chi connectivity index (χ4v) is 4.79. The Morgan fingerprint density at radius 2 is 0.690 bits per heavy atom. The number of hydrogen-bond acceptors (Lipinski definition) is 2. The van der Waals surface area contributed by atoms with Crippen molar-refractivity contribution < 1.29 is 30.8 Å². The van der Waals surface area contributed by atoms with Gasteiger partial charge in [-0.2, -0.15) is 0 Å². The highest BCUT2D eigenvalue weighted by Gasteiger charge is 2.17. The van der Waals surface area contributed by atoms with Crippen molar-refractivity contribution in [3.8, 4) is 0 Å². The van der Waals surface area contributed by atoms with Gasteiger partial charge in [0.1, 0.15) is 0 Å². The summed E-state index contributed by atoms with van der Waals surface area (Å²) in [6.45, 7) is 0. The maximum absolute atomic E-state index is 11.8. The summed E-state index contributed by atoms with van der Waals surface area (Å²) >= 11 is 0.0287. The fourth-order valence-electron chi connectivity index (χ4n) is 2.52. The van der Waals surface area contributed by atoms with Gasteiger partial charge in [0.2, 0.25) is 11.6 Å². The summed E-state index contributed by atoms with van der Waals surface area (Å²) in [4.78, 5) is 23.6. The van der Waals surface area contributed by atoms with Crippen LogP contribution in [0.4, 0.5) is 0 Å². The lowest BCUT2D eigenvalue weighted by Crippen LogP contribution is -3.61. The highest BCUT2D eigenvalue weighted by Crippen LogP contribution is 2.07. The van der Waals surface area contributed by atoms with Gasteiger partial charge in [-0.1, -0.05) is 97.1 Å². The van der Waals surface area contributed by atoms with E-state index in [-0.39, 0.29) is 21.2 Å². The van der Waals surface area contributed by atoms with Gasteiger partial charge in [-0.15, -0.1) is 0 Å². The van der Waals surface area contributed by atoms with E-state index in [9.17, 15) is 9.59 Å². The molecule has 0 N–H and O–H groups in total. The number of Topliss-reactive ketones (excluding diaryl/α,β-unsaturated/α-hetero) is 2. The van der Waals surface area contributed by atoms with E-state index in [0.29, 0.717) is 11.1 Å². The molecule has 0 aliphatic rings. The summed E-state index contributed by atoms with van der Waals surface area (Å²) in [6, 6.07) is 38.6. The van der Waals surface area contributed by atoms with Gasteiger partial charge in [0, 0.05) is 11.1 Å². The molecule has 4 aromatic rings. The van der Waals surface area contributed by atoms with Crippen LogP contribution in [0.5, 0.6) is 0 Å². The average molecular weight is 491 g/mol. The maximum atomic E-state index is 11.8. The zero-order chi connectivity index (χ0) is 20.3. The summed E-state index contributed by atoms with van der Waals surface area (Å²) in [5.74, 6) is -0.932. The molecule has 3 heteroatoms. The van der Waals surface area contributed by atoms with E-state index in [0.717, 1.165) is 0 Å². The fraction of sp³-hybridized carbons (Fsp3) is 0. The van der Waals surface area contributed by atoms with Gasteiger partial charge < -0.3 is 0 Å². The predicted octanol–water partition coefficient (Wildman–Crippen LogP) is 2.57. The second-order valence-corrected chi connectivity index (χ2v) is 9.11. The molecule has 0 saturated heterocycles. The summed E-state index contributed by atoms with van der Waals surface area (Å²) in [5.41, 5.74) is 0.854. The third kappa shape index (κ3) is 6.50. The molecule has 0 spiro atoms. The van der Waals surface area contributed by atoms with Crippen LogP contribution < -0.4 is 21.2 Å². The molecule has 0 unspecified atom stereocenters. The minimum atomic E-state index is -0.466. The molecule has 4 aromatic carbocycles. The van der Waals surface area contributed by atoms with Crippen LogP contribution in [0.3, 0.4) is 0 Å². The van der Waals surface area contributed by atoms with Crippen LogP contribution in [0.25, 0.3) is 0 Å². The lowest BCUT2D eigenvalue weighted by atomic mass is 10.0. The molecule has 0 aromatic heterocycles. The number of benzene rings is 4. The molecule has 0 saturated carbocycles. The summed E-state index contributed by atoms with van der Waals surface area (Å²) < 4.78 is 2.96. The number of hydrogen-bond donors (Lipinski definition) is 0. The number of ketones is 2. The first kappa shape index (κ1) is 20.7. The third-order valence-electron chi connectivity index (χ3n) is 3.96. The smallest absolute Gasteiger partial charge is 0.285 e. The minimum absolute atomic E-state index is 0.0287. The number of rotatable bonds is 5. The summed E-state index contributed by atoms with van der Waals surface area (Å²) in [5, 5.41) is 0. The van der Waals surface area contributed by atoms with Crippen molar-refractivity contribution in [3.05, 3.63) is 140 Å². The van der Waals surface area contributed by atoms with Crippen LogP contribution in [-0.4, -0.2) is 11.6 Å². The second-order valence-electron chi connectivity index (χ2n) is 6.08. The molecule has 0 radical (unpaired) electrons. The van der Waals surface area contributed by atoms with Crippen LogP contribution in [0.2, 0.25) is 0 Å². The Morgan fingerprint density at radius 3 is 1.00 bits per heavy atom. The standard InChI is InChI=1S/C14H10O2.C12H10I/c15-13(11-7-3-1-4-8-11)14(16)12-9-5-2-6-10-12;1-3-7-11(8-4-1)13-12-9-5-2-6-10-12/h1-10H;1-10H/q;+1. The van der Waals surface area contributed by atoms with E-state index in [1.54, 1.807) is 48.5 Å². The Hall–Kier alpha value is -3.05. The molecular formula is C26H20IO2+. The molecule has 4 rings (SSSR count). The zero-order valence-electron chi connectivity index (χ0n) is 15.7. The quantitative estimate of drug-likeness (QED) is 0.245. The predicted molar refractivity (Wildman–Crippen MR) is 112 cm³/mol. The first-order valence-corrected chi connectivity index (χ1v) is 11.3. The summed E-state index contributed by atoms with van der Waals surface area (Å²) in [7, 11) is 0. The molecule has 0 aliphatic carbocycles.